The van der Waals surface area contributed by atoms with Gasteiger partial charge >= 0.3 is 0 Å². The van der Waals surface area contributed by atoms with Crippen LogP contribution < -0.4 is 0 Å². The lowest BCUT2D eigenvalue weighted by Gasteiger charge is -2.49. The van der Waals surface area contributed by atoms with Gasteiger partial charge in [0.1, 0.15) is 0 Å². The van der Waals surface area contributed by atoms with E-state index in [-0.39, 0.29) is 16.6 Å². The molecule has 0 aliphatic rings. The van der Waals surface area contributed by atoms with Gasteiger partial charge in [0.05, 0.1) is 0 Å². The fourth-order valence-corrected chi connectivity index (χ4v) is 10.2. The molecule has 0 amide bonds. The van der Waals surface area contributed by atoms with Gasteiger partial charge in [0, 0.05) is 19.2 Å². The van der Waals surface area contributed by atoms with Crippen LogP contribution in [-0.2, 0) is 0 Å². The molecule has 2 unspecified atom stereocenters. The smallest absolute Gasteiger partial charge is 0.0495 e. The molecule has 0 aliphatic heterocycles. The van der Waals surface area contributed by atoms with Crippen LogP contribution in [0.5, 0.6) is 0 Å². The molecule has 2 aromatic rings. The molecule has 0 heterocycles. The van der Waals surface area contributed by atoms with Gasteiger partial charge in [-0.2, -0.15) is 0 Å². The molecule has 2 rings (SSSR count). The number of hydrogen-bond donors (Lipinski definition) is 0. The second-order valence-corrected chi connectivity index (χ2v) is 14.8. The lowest BCUT2D eigenvalue weighted by atomic mass is 9.79. The molecule has 1 nitrogen and oxygen atoms in total. The zero-order chi connectivity index (χ0) is 19.4. The molecule has 2 atom stereocenters. The van der Waals surface area contributed by atoms with Gasteiger partial charge in [-0.3, -0.25) is 12.0 Å². The zero-order valence-electron chi connectivity index (χ0n) is 16.6. The molecule has 0 aromatic heterocycles. The van der Waals surface area contributed by atoms with Crippen LogP contribution in [0.25, 0.3) is 0 Å². The minimum atomic E-state index is -1.65. The minimum Gasteiger partial charge on any atom is -0.799 e. The summed E-state index contributed by atoms with van der Waals surface area (Å²) in [6, 6.07) is 21.0. The number of allylic oxidation sites excluding steroid dienone is 1. The highest BCUT2D eigenvalue weighted by atomic mass is 32.2. The van der Waals surface area contributed by atoms with Gasteiger partial charge in [-0.25, -0.2) is 0 Å². The first-order valence-corrected chi connectivity index (χ1v) is 13.6. The lowest BCUT2D eigenvalue weighted by molar-refractivity contribution is 0.399. The van der Waals surface area contributed by atoms with E-state index in [1.54, 1.807) is 0 Å². The summed E-state index contributed by atoms with van der Waals surface area (Å²) in [5.74, 6) is 0.0795. The molecule has 0 aliphatic carbocycles. The van der Waals surface area contributed by atoms with Gasteiger partial charge in [0.15, 0.2) is 0 Å². The van der Waals surface area contributed by atoms with Crippen LogP contribution in [0.1, 0.15) is 30.9 Å². The van der Waals surface area contributed by atoms with Crippen LogP contribution in [-0.4, -0.2) is 17.9 Å². The molecule has 0 bridgehead atoms. The molecule has 0 N–H and O–H groups in total. The SMILES string of the molecule is C=CC(C)(C)C(C(S[O-])C(c1ccccc1)c1ccccc1)[Si](C)(C)C. The third-order valence-corrected chi connectivity index (χ3v) is 9.32. The number of rotatable bonds is 8. The van der Waals surface area contributed by atoms with Gasteiger partial charge < -0.3 is 4.55 Å². The van der Waals surface area contributed by atoms with Crippen molar-refractivity contribution in [3.8, 4) is 0 Å². The van der Waals surface area contributed by atoms with E-state index < -0.39 is 8.07 Å². The van der Waals surface area contributed by atoms with Crippen molar-refractivity contribution in [2.24, 2.45) is 5.41 Å². The average Bonchev–Trinajstić information content (AvgIpc) is 2.61. The molecule has 140 valence electrons. The summed E-state index contributed by atoms with van der Waals surface area (Å²) >= 11 is 0.782. The maximum Gasteiger partial charge on any atom is 0.0495 e. The maximum atomic E-state index is 12.6. The van der Waals surface area contributed by atoms with E-state index in [0.29, 0.717) is 5.54 Å². The van der Waals surface area contributed by atoms with Crippen LogP contribution in [0.2, 0.25) is 25.2 Å². The number of benzene rings is 2. The Morgan fingerprint density at radius 2 is 1.35 bits per heavy atom. The van der Waals surface area contributed by atoms with Crippen LogP contribution in [0, 0.1) is 5.41 Å². The summed E-state index contributed by atoms with van der Waals surface area (Å²) in [6.45, 7) is 15.7. The molecular formula is C23H31OSSi-. The summed E-state index contributed by atoms with van der Waals surface area (Å²) in [6.07, 6.45) is 2.05. The Balaban J connectivity index is 2.65. The van der Waals surface area contributed by atoms with Crippen molar-refractivity contribution >= 4 is 20.1 Å². The molecule has 0 spiro atoms. The van der Waals surface area contributed by atoms with Crippen LogP contribution >= 0.6 is 12.0 Å². The highest BCUT2D eigenvalue weighted by Gasteiger charge is 2.44. The van der Waals surface area contributed by atoms with Gasteiger partial charge in [0.2, 0.25) is 0 Å². The lowest BCUT2D eigenvalue weighted by Crippen LogP contribution is -2.45. The van der Waals surface area contributed by atoms with Crippen molar-refractivity contribution in [3.05, 3.63) is 84.4 Å². The Morgan fingerprint density at radius 3 is 1.65 bits per heavy atom. The molecule has 0 saturated carbocycles. The third kappa shape index (κ3) is 4.70. The minimum absolute atomic E-state index is 0.0422. The Morgan fingerprint density at radius 1 is 0.923 bits per heavy atom. The van der Waals surface area contributed by atoms with E-state index in [1.807, 2.05) is 18.2 Å². The van der Waals surface area contributed by atoms with Crippen LogP contribution in [0.4, 0.5) is 0 Å². The van der Waals surface area contributed by atoms with E-state index >= 15 is 0 Å². The molecule has 0 radical (unpaired) electrons. The fraction of sp³-hybridized carbons (Fsp3) is 0.391. The fourth-order valence-electron chi connectivity index (χ4n) is 4.36. The Labute approximate surface area is 164 Å². The van der Waals surface area contributed by atoms with E-state index in [2.05, 4.69) is 88.6 Å². The van der Waals surface area contributed by atoms with Gasteiger partial charge in [-0.05, 0) is 22.1 Å². The van der Waals surface area contributed by atoms with Crippen molar-refractivity contribution < 1.29 is 4.55 Å². The second-order valence-electron chi connectivity index (χ2n) is 8.73. The molecule has 0 saturated heterocycles. The average molecular weight is 384 g/mol. The molecule has 26 heavy (non-hydrogen) atoms. The maximum absolute atomic E-state index is 12.6. The zero-order valence-corrected chi connectivity index (χ0v) is 18.4. The largest absolute Gasteiger partial charge is 0.799 e. The van der Waals surface area contributed by atoms with Crippen molar-refractivity contribution in [2.45, 2.75) is 50.2 Å². The van der Waals surface area contributed by atoms with Crippen molar-refractivity contribution in [3.63, 3.8) is 0 Å². The monoisotopic (exact) mass is 383 g/mol. The van der Waals surface area contributed by atoms with E-state index in [1.165, 1.54) is 11.1 Å². The van der Waals surface area contributed by atoms with Crippen molar-refractivity contribution in [1.29, 1.82) is 0 Å². The summed E-state index contributed by atoms with van der Waals surface area (Å²) in [5.41, 5.74) is 2.65. The Bertz CT molecular complexity index is 652. The van der Waals surface area contributed by atoms with Crippen LogP contribution in [0.3, 0.4) is 0 Å². The van der Waals surface area contributed by atoms with Crippen molar-refractivity contribution in [2.75, 3.05) is 0 Å². The first-order valence-electron chi connectivity index (χ1n) is 9.24. The van der Waals surface area contributed by atoms with Gasteiger partial charge in [0.25, 0.3) is 0 Å². The summed E-state index contributed by atoms with van der Waals surface area (Å²) in [5, 5.41) is -0.0422. The van der Waals surface area contributed by atoms with Gasteiger partial charge in [-0.15, -0.1) is 6.58 Å². The highest BCUT2D eigenvalue weighted by Crippen LogP contribution is 2.52. The molecule has 0 fully saturated rings. The second kappa shape index (κ2) is 8.60. The Kier molecular flexibility index (Phi) is 6.95. The van der Waals surface area contributed by atoms with Crippen molar-refractivity contribution in [1.82, 2.24) is 0 Å². The summed E-state index contributed by atoms with van der Waals surface area (Å²) in [4.78, 5) is 0. The van der Waals surface area contributed by atoms with E-state index in [4.69, 9.17) is 0 Å². The number of hydrogen-bond acceptors (Lipinski definition) is 2. The first-order chi connectivity index (χ1) is 12.2. The highest BCUT2D eigenvalue weighted by molar-refractivity contribution is 7.94. The normalized spacial score (nSPS) is 14.9. The molecule has 2 aromatic carbocycles. The van der Waals surface area contributed by atoms with E-state index in [9.17, 15) is 4.55 Å². The van der Waals surface area contributed by atoms with Crippen LogP contribution in [0.15, 0.2) is 73.3 Å². The topological polar surface area (TPSA) is 23.1 Å². The molecular weight excluding hydrogens is 352 g/mol. The quantitative estimate of drug-likeness (QED) is 0.279. The third-order valence-electron chi connectivity index (χ3n) is 5.35. The summed E-state index contributed by atoms with van der Waals surface area (Å²) < 4.78 is 12.6. The first kappa shape index (κ1) is 21.0. The standard InChI is InChI=1S/C23H32OSSi/c1-7-23(2,3)22(26(4,5)6)21(25-24)20(18-14-10-8-11-15-18)19-16-12-9-13-17-19/h7-17,20-22,24H,1H2,2-6H3/p-1. The van der Waals surface area contributed by atoms with Gasteiger partial charge in [-0.1, -0.05) is 100 Å². The Hall–Kier alpha value is -1.29. The predicted molar refractivity (Wildman–Crippen MR) is 118 cm³/mol. The van der Waals surface area contributed by atoms with E-state index in [0.717, 1.165) is 12.0 Å². The predicted octanol–water partition coefficient (Wildman–Crippen LogP) is 6.97. The molecule has 3 heteroatoms. The summed E-state index contributed by atoms with van der Waals surface area (Å²) in [7, 11) is -1.65.